The number of fused-ring (bicyclic) bond motifs is 2. The molecule has 0 aliphatic heterocycles. The van der Waals surface area contributed by atoms with E-state index in [1.807, 2.05) is 0 Å². The maximum absolute atomic E-state index is 14.9. The van der Waals surface area contributed by atoms with Crippen molar-refractivity contribution in [1.29, 1.82) is 0 Å². The summed E-state index contributed by atoms with van der Waals surface area (Å²) < 4.78 is 20.9. The summed E-state index contributed by atoms with van der Waals surface area (Å²) in [6, 6.07) is 2.08. The molecule has 4 atom stereocenters. The Balaban J connectivity index is 1.26. The minimum absolute atomic E-state index is 0.0121. The lowest BCUT2D eigenvalue weighted by Crippen LogP contribution is -2.51. The second kappa shape index (κ2) is 10.3. The van der Waals surface area contributed by atoms with Gasteiger partial charge in [-0.05, 0) is 94.1 Å². The molecule has 4 fully saturated rings. The van der Waals surface area contributed by atoms with Crippen molar-refractivity contribution in [2.45, 2.75) is 90.2 Å². The molecular weight excluding hydrogens is 511 g/mol. The molecule has 0 radical (unpaired) electrons. The molecule has 208 valence electrons. The van der Waals surface area contributed by atoms with Crippen molar-refractivity contribution >= 4 is 29.4 Å². The highest BCUT2D eigenvalue weighted by atomic mass is 35.5. The van der Waals surface area contributed by atoms with Crippen LogP contribution in [0.1, 0.15) is 88.4 Å². The predicted octanol–water partition coefficient (Wildman–Crippen LogP) is 5.34. The lowest BCUT2D eigenvalue weighted by Gasteiger charge is -2.39. The summed E-state index contributed by atoms with van der Waals surface area (Å²) in [4.78, 5) is 38.1. The molecule has 9 heteroatoms. The van der Waals surface area contributed by atoms with Crippen LogP contribution >= 0.6 is 11.6 Å². The fourth-order valence-electron chi connectivity index (χ4n) is 7.01. The first kappa shape index (κ1) is 27.2. The van der Waals surface area contributed by atoms with Gasteiger partial charge in [-0.3, -0.25) is 14.4 Å². The molecule has 5 rings (SSSR count). The third-order valence-electron chi connectivity index (χ3n) is 9.88. The van der Waals surface area contributed by atoms with Crippen LogP contribution in [0.25, 0.3) is 0 Å². The molecule has 2 amide bonds. The van der Waals surface area contributed by atoms with Gasteiger partial charge in [0.2, 0.25) is 5.91 Å². The van der Waals surface area contributed by atoms with Crippen molar-refractivity contribution in [1.82, 2.24) is 10.6 Å². The second-order valence-electron chi connectivity index (χ2n) is 12.7. The van der Waals surface area contributed by atoms with Crippen LogP contribution in [0.15, 0.2) is 12.1 Å². The lowest BCUT2D eigenvalue weighted by atomic mass is 9.70. The first-order valence-electron chi connectivity index (χ1n) is 14.0. The van der Waals surface area contributed by atoms with Crippen molar-refractivity contribution in [2.75, 3.05) is 6.54 Å². The molecule has 2 bridgehead atoms. The number of rotatable bonds is 8. The zero-order valence-electron chi connectivity index (χ0n) is 22.2. The highest BCUT2D eigenvalue weighted by Gasteiger charge is 2.51. The molecule has 0 heterocycles. The molecule has 0 aromatic heterocycles. The van der Waals surface area contributed by atoms with Gasteiger partial charge in [-0.1, -0.05) is 24.9 Å². The highest BCUT2D eigenvalue weighted by molar-refractivity contribution is 6.32. The summed E-state index contributed by atoms with van der Waals surface area (Å²) in [6.07, 6.45) is 7.96. The Labute approximate surface area is 228 Å². The normalized spacial score (nSPS) is 33.3. The van der Waals surface area contributed by atoms with E-state index in [-0.39, 0.29) is 57.6 Å². The van der Waals surface area contributed by atoms with Crippen molar-refractivity contribution in [2.24, 2.45) is 28.6 Å². The number of nitrogens with one attached hydrogen (secondary N) is 2. The molecule has 0 spiro atoms. The maximum Gasteiger partial charge on any atom is 0.309 e. The van der Waals surface area contributed by atoms with E-state index in [1.54, 1.807) is 6.92 Å². The number of carbonyl (C=O) groups excluding carboxylic acids is 2. The summed E-state index contributed by atoms with van der Waals surface area (Å²) in [5.74, 6) is -1.82. The Morgan fingerprint density at radius 1 is 1.08 bits per heavy atom. The maximum atomic E-state index is 14.9. The quantitative estimate of drug-likeness (QED) is 0.406. The monoisotopic (exact) mass is 548 g/mol. The smallest absolute Gasteiger partial charge is 0.309 e. The largest absolute Gasteiger partial charge is 0.489 e. The molecule has 7 nitrogen and oxygen atoms in total. The summed E-state index contributed by atoms with van der Waals surface area (Å²) in [5.41, 5.74) is -0.782. The van der Waals surface area contributed by atoms with Gasteiger partial charge in [0.25, 0.3) is 5.91 Å². The molecular formula is C29H38ClFN2O5. The van der Waals surface area contributed by atoms with E-state index >= 15 is 0 Å². The van der Waals surface area contributed by atoms with E-state index < -0.39 is 23.1 Å². The van der Waals surface area contributed by atoms with Gasteiger partial charge in [-0.15, -0.1) is 0 Å². The Morgan fingerprint density at radius 3 is 2.39 bits per heavy atom. The van der Waals surface area contributed by atoms with E-state index in [2.05, 4.69) is 17.6 Å². The standard InChI is InChI=1S/C29H38ClFN2O5/c1-28(8-3-9-28)15-32-26(35)23-16-4-5-17(12-16)24(23)33-25(34)19-13-22(20(30)14-21(19)31)38-18-6-10-29(2,11-7-18)27(36)37/h13-14,16-18,23-24H,3-12,15H2,1-2H3,(H,32,35)(H,33,34)(H,36,37)/t16-,17+,18?,23+,24-,29?/m1/s1. The van der Waals surface area contributed by atoms with Crippen LogP contribution in [-0.4, -0.2) is 41.6 Å². The van der Waals surface area contributed by atoms with Gasteiger partial charge in [-0.25, -0.2) is 4.39 Å². The summed E-state index contributed by atoms with van der Waals surface area (Å²) in [6.45, 7) is 4.58. The van der Waals surface area contributed by atoms with Crippen LogP contribution in [0, 0.1) is 34.4 Å². The molecule has 4 aliphatic carbocycles. The number of hydrogen-bond donors (Lipinski definition) is 3. The average Bonchev–Trinajstić information content (AvgIpc) is 3.46. The number of aliphatic carboxylic acids is 1. The molecule has 1 aromatic carbocycles. The van der Waals surface area contributed by atoms with E-state index in [0.29, 0.717) is 32.2 Å². The Hall–Kier alpha value is -2.35. The number of ether oxygens (including phenoxy) is 1. The van der Waals surface area contributed by atoms with Crippen molar-refractivity contribution in [3.63, 3.8) is 0 Å². The zero-order valence-corrected chi connectivity index (χ0v) is 22.9. The lowest BCUT2D eigenvalue weighted by molar-refractivity contribution is -0.150. The van der Waals surface area contributed by atoms with Gasteiger partial charge in [0.15, 0.2) is 0 Å². The minimum Gasteiger partial charge on any atom is -0.489 e. The van der Waals surface area contributed by atoms with Crippen LogP contribution in [-0.2, 0) is 9.59 Å². The SMILES string of the molecule is CC1(CNC(=O)[C@H]2[C@@H]3CC[C@@H](C3)[C@H]2NC(=O)c2cc(OC3CCC(C)(C(=O)O)CC3)c(Cl)cc2F)CCC1. The van der Waals surface area contributed by atoms with Crippen LogP contribution in [0.3, 0.4) is 0 Å². The predicted molar refractivity (Wildman–Crippen MR) is 141 cm³/mol. The van der Waals surface area contributed by atoms with Crippen LogP contribution in [0.4, 0.5) is 4.39 Å². The van der Waals surface area contributed by atoms with Gasteiger partial charge in [0.1, 0.15) is 11.6 Å². The van der Waals surface area contributed by atoms with Gasteiger partial charge in [0.05, 0.1) is 28.0 Å². The van der Waals surface area contributed by atoms with E-state index in [9.17, 15) is 23.9 Å². The van der Waals surface area contributed by atoms with Gasteiger partial charge in [-0.2, -0.15) is 0 Å². The Morgan fingerprint density at radius 2 is 1.76 bits per heavy atom. The van der Waals surface area contributed by atoms with E-state index in [1.165, 1.54) is 12.5 Å². The molecule has 1 aromatic rings. The van der Waals surface area contributed by atoms with Crippen molar-refractivity contribution in [3.8, 4) is 5.75 Å². The first-order chi connectivity index (χ1) is 18.0. The van der Waals surface area contributed by atoms with Crippen molar-refractivity contribution < 1.29 is 28.6 Å². The zero-order chi connectivity index (χ0) is 27.2. The van der Waals surface area contributed by atoms with Gasteiger partial charge < -0.3 is 20.5 Å². The fraction of sp³-hybridized carbons (Fsp3) is 0.690. The number of carboxylic acids is 1. The van der Waals surface area contributed by atoms with E-state index in [0.717, 1.165) is 38.2 Å². The molecule has 4 saturated carbocycles. The number of carbonyl (C=O) groups is 3. The van der Waals surface area contributed by atoms with Crippen LogP contribution < -0.4 is 15.4 Å². The fourth-order valence-corrected chi connectivity index (χ4v) is 7.21. The number of carboxylic acid groups (broad SMARTS) is 1. The number of hydrogen-bond acceptors (Lipinski definition) is 4. The van der Waals surface area contributed by atoms with Gasteiger partial charge in [0, 0.05) is 12.6 Å². The molecule has 0 unspecified atom stereocenters. The summed E-state index contributed by atoms with van der Waals surface area (Å²) in [7, 11) is 0. The molecule has 4 aliphatic rings. The van der Waals surface area contributed by atoms with Crippen LogP contribution in [0.5, 0.6) is 5.75 Å². The Kier molecular flexibility index (Phi) is 7.40. The second-order valence-corrected chi connectivity index (χ2v) is 13.1. The van der Waals surface area contributed by atoms with Crippen LogP contribution in [0.2, 0.25) is 5.02 Å². The molecule has 0 saturated heterocycles. The molecule has 38 heavy (non-hydrogen) atoms. The third kappa shape index (κ3) is 5.25. The number of amides is 2. The summed E-state index contributed by atoms with van der Waals surface area (Å²) in [5, 5.41) is 15.7. The number of benzene rings is 1. The molecule has 3 N–H and O–H groups in total. The van der Waals surface area contributed by atoms with Crippen molar-refractivity contribution in [3.05, 3.63) is 28.5 Å². The third-order valence-corrected chi connectivity index (χ3v) is 10.2. The number of halogens is 2. The van der Waals surface area contributed by atoms with E-state index in [4.69, 9.17) is 16.3 Å². The first-order valence-corrected chi connectivity index (χ1v) is 14.3. The summed E-state index contributed by atoms with van der Waals surface area (Å²) >= 11 is 6.26. The topological polar surface area (TPSA) is 105 Å². The highest BCUT2D eigenvalue weighted by Crippen LogP contribution is 2.49. The Bertz CT molecular complexity index is 1110. The average molecular weight is 549 g/mol. The minimum atomic E-state index is -0.820. The van der Waals surface area contributed by atoms with Gasteiger partial charge >= 0.3 is 5.97 Å².